The van der Waals surface area contributed by atoms with Gasteiger partial charge in [0, 0.05) is 83.6 Å². The van der Waals surface area contributed by atoms with Gasteiger partial charge in [-0.15, -0.1) is 31.7 Å². The van der Waals surface area contributed by atoms with Crippen LogP contribution in [0.2, 0.25) is 0 Å². The molecule has 0 N–H and O–H groups in total. The molecule has 0 aliphatic carbocycles. The number of nitrogens with zero attached hydrogens (tertiary/aromatic N) is 15. The first-order valence-electron chi connectivity index (χ1n) is 33.7. The molecule has 11 aromatic rings. The average Bonchev–Trinajstić information content (AvgIpc) is 1.77. The number of carbonyl (C=O) groups is 1. The maximum absolute atomic E-state index is 11.1. The van der Waals surface area contributed by atoms with Gasteiger partial charge in [0.1, 0.15) is 44.8 Å². The summed E-state index contributed by atoms with van der Waals surface area (Å²) in [6.45, 7) is 48.9. The van der Waals surface area contributed by atoms with Gasteiger partial charge in [-0.3, -0.25) is 14.5 Å². The van der Waals surface area contributed by atoms with Crippen LogP contribution in [0.5, 0.6) is 0 Å². The second-order valence-electron chi connectivity index (χ2n) is 25.7. The van der Waals surface area contributed by atoms with E-state index in [2.05, 4.69) is 202 Å². The molecule has 99 heavy (non-hydrogen) atoms. The highest BCUT2D eigenvalue weighted by molar-refractivity contribution is 7.09. The van der Waals surface area contributed by atoms with Crippen LogP contribution in [-0.4, -0.2) is 86.2 Å². The number of allylic oxidation sites excluding steroid dienone is 1. The van der Waals surface area contributed by atoms with E-state index in [-0.39, 0.29) is 17.6 Å². The lowest BCUT2D eigenvalue weighted by atomic mass is 10.1. The molecule has 0 saturated carbocycles. The Morgan fingerprint density at radius 2 is 1.30 bits per heavy atom. The van der Waals surface area contributed by atoms with E-state index in [9.17, 15) is 4.79 Å². The van der Waals surface area contributed by atoms with Crippen LogP contribution in [0, 0.1) is 5.92 Å². The topological polar surface area (TPSA) is 268 Å². The van der Waals surface area contributed by atoms with Crippen molar-refractivity contribution in [1.29, 1.82) is 0 Å². The van der Waals surface area contributed by atoms with Gasteiger partial charge in [0.25, 0.3) is 0 Å². The van der Waals surface area contributed by atoms with Gasteiger partial charge in [-0.1, -0.05) is 199 Å². The van der Waals surface area contributed by atoms with Crippen LogP contribution in [0.4, 0.5) is 0 Å². The zero-order chi connectivity index (χ0) is 73.8. The van der Waals surface area contributed by atoms with Crippen molar-refractivity contribution in [3.63, 3.8) is 0 Å². The first-order chi connectivity index (χ1) is 47.1. The lowest BCUT2D eigenvalue weighted by Crippen LogP contribution is -2.00. The Morgan fingerprint density at radius 3 is 1.62 bits per heavy atom. The molecule has 12 rings (SSSR count). The highest BCUT2D eigenvalue weighted by Crippen LogP contribution is 2.22. The Morgan fingerprint density at radius 1 is 0.606 bits per heavy atom. The average molecular weight is 1430 g/mol. The van der Waals surface area contributed by atoms with Gasteiger partial charge in [-0.05, 0) is 107 Å². The zero-order valence-corrected chi connectivity index (χ0v) is 66.0. The molecule has 0 unspecified atom stereocenters. The normalized spacial score (nSPS) is 11.1. The van der Waals surface area contributed by atoms with Crippen molar-refractivity contribution in [2.24, 2.45) is 18.0 Å². The lowest BCUT2D eigenvalue weighted by Gasteiger charge is -2.02. The van der Waals surface area contributed by atoms with Crippen molar-refractivity contribution < 1.29 is 27.2 Å². The van der Waals surface area contributed by atoms with Gasteiger partial charge in [0.05, 0.1) is 60.8 Å². The number of ketones is 1. The fourth-order valence-electron chi connectivity index (χ4n) is 7.21. The molecule has 11 heterocycles. The molecule has 1 aromatic carbocycles. The largest absolute Gasteiger partial charge is 0.472 e. The van der Waals surface area contributed by atoms with Gasteiger partial charge >= 0.3 is 0 Å². The third-order valence-corrected chi connectivity index (χ3v) is 16.0. The second kappa shape index (κ2) is 49.4. The maximum Gasteiger partial charge on any atom is 0.247 e. The highest BCUT2D eigenvalue weighted by atomic mass is 32.1. The summed E-state index contributed by atoms with van der Waals surface area (Å²) in [7, 11) is 1.97. The number of carbonyl (C=O) groups excluding carboxylic acids is 1. The number of rotatable bonds is 14. The van der Waals surface area contributed by atoms with E-state index in [0.717, 1.165) is 45.8 Å². The van der Waals surface area contributed by atoms with E-state index in [0.29, 0.717) is 77.2 Å². The summed E-state index contributed by atoms with van der Waals surface area (Å²) in [6, 6.07) is 21.5. The van der Waals surface area contributed by atoms with Crippen LogP contribution >= 0.6 is 46.1 Å². The van der Waals surface area contributed by atoms with Gasteiger partial charge in [-0.25, -0.2) is 9.61 Å². The molecule has 1 aliphatic heterocycles. The minimum Gasteiger partial charge on any atom is -0.472 e. The van der Waals surface area contributed by atoms with Crippen molar-refractivity contribution in [3.8, 4) is 11.5 Å². The Bertz CT molecular complexity index is 3300. The molecule has 0 bridgehead atoms. The van der Waals surface area contributed by atoms with E-state index < -0.39 is 0 Å². The molecule has 25 heteroatoms. The van der Waals surface area contributed by atoms with Gasteiger partial charge in [0.2, 0.25) is 11.8 Å². The molecule has 21 nitrogen and oxygen atoms in total. The first kappa shape index (κ1) is 87.0. The predicted octanol–water partition coefficient (Wildman–Crippen LogP) is 21.7. The summed E-state index contributed by atoms with van der Waals surface area (Å²) in [5, 5.41) is 33.5. The highest BCUT2D eigenvalue weighted by Gasteiger charge is 2.13. The minimum absolute atomic E-state index is 0.0330. The molecule has 1 aliphatic rings. The Kier molecular flexibility index (Phi) is 43.4. The Balaban J connectivity index is 0.000000373. The van der Waals surface area contributed by atoms with Crippen LogP contribution < -0.4 is 0 Å². The minimum atomic E-state index is 0.0330. The SMILES string of the molecule is CC(C)C1=NCC=C1.CC(C)c1ccco1.CC(C)c1ccnn1C.CC(C)c1ccoc1.CC(C)c1ccsn1.CC(C)c1cnon1.CC(C)c1cnsn1.CC(C)c1ncsn1.CC(C)c1nnc(-c2ccccc2)o1.CC(C)c1nncs1.CCC(=O)c1cc(C(C)C)on1. The summed E-state index contributed by atoms with van der Waals surface area (Å²) in [5.41, 5.74) is 11.9. The number of aromatic nitrogens is 14. The molecule has 0 radical (unpaired) electrons. The quantitative estimate of drug-likeness (QED) is 0.0915. The Labute approximate surface area is 605 Å². The number of hydrogen-bond donors (Lipinski definition) is 0. The van der Waals surface area contributed by atoms with Crippen LogP contribution in [0.3, 0.4) is 0 Å². The van der Waals surface area contributed by atoms with Crippen LogP contribution in [0.15, 0.2) is 160 Å². The molecule has 0 fully saturated rings. The molecule has 0 spiro atoms. The molecular formula is C74H109N15O6S4. The van der Waals surface area contributed by atoms with E-state index >= 15 is 0 Å². The number of Topliss-reactive ketones (excluding diaryl/α,β-unsaturated/α-hetero) is 1. The summed E-state index contributed by atoms with van der Waals surface area (Å²) >= 11 is 5.80. The molecule has 0 atom stereocenters. The van der Waals surface area contributed by atoms with Crippen LogP contribution in [-0.2, 0) is 7.05 Å². The molecule has 0 amide bonds. The van der Waals surface area contributed by atoms with Gasteiger partial charge in [-0.2, -0.15) is 22.6 Å². The fourth-order valence-corrected chi connectivity index (χ4v) is 9.56. The van der Waals surface area contributed by atoms with Crippen molar-refractivity contribution in [1.82, 2.24) is 68.1 Å². The van der Waals surface area contributed by atoms with Crippen LogP contribution in [0.1, 0.15) is 292 Å². The number of aryl methyl sites for hydroxylation is 1. The fraction of sp³-hybridized carbons (Fsp3) is 0.500. The maximum atomic E-state index is 11.1. The number of aliphatic imine (C=N–C) groups is 1. The lowest BCUT2D eigenvalue weighted by molar-refractivity contribution is 0.0979. The van der Waals surface area contributed by atoms with Gasteiger partial charge in [0.15, 0.2) is 5.78 Å². The second-order valence-corrected chi connectivity index (χ2v) is 28.4. The van der Waals surface area contributed by atoms with E-state index in [1.54, 1.807) is 53.4 Å². The zero-order valence-electron chi connectivity index (χ0n) is 62.8. The predicted molar refractivity (Wildman–Crippen MR) is 405 cm³/mol. The number of hydrogen-bond acceptors (Lipinski definition) is 24. The summed E-state index contributed by atoms with van der Waals surface area (Å²) in [5.74, 6) is 9.48. The van der Waals surface area contributed by atoms with Crippen molar-refractivity contribution in [2.45, 2.75) is 225 Å². The third kappa shape index (κ3) is 36.5. The smallest absolute Gasteiger partial charge is 0.247 e. The Hall–Kier alpha value is -8.13. The van der Waals surface area contributed by atoms with Crippen molar-refractivity contribution >= 4 is 57.6 Å². The number of furan rings is 2. The summed E-state index contributed by atoms with van der Waals surface area (Å²) < 4.78 is 42.9. The van der Waals surface area contributed by atoms with Gasteiger partial charge < -0.3 is 17.8 Å². The molecular weight excluding hydrogens is 1320 g/mol. The van der Waals surface area contributed by atoms with Crippen molar-refractivity contribution in [2.75, 3.05) is 6.54 Å². The molecule has 0 saturated heterocycles. The van der Waals surface area contributed by atoms with E-state index in [1.807, 2.05) is 133 Å². The summed E-state index contributed by atoms with van der Waals surface area (Å²) in [6.07, 6.45) is 15.1. The van der Waals surface area contributed by atoms with E-state index in [4.69, 9.17) is 17.8 Å². The monoisotopic (exact) mass is 1430 g/mol. The standard InChI is InChI=1S/C11H12N2O.C9H13NO2.C7H12N2.C7H11N.2C7H10O.C6H9NS.C5H8N2O.3C5H8N2S/c1-8(2)10-12-13-11(14-10)9-6-4-3-5-7-9;1-4-8(11)7-5-9(6(2)3)12-10-7;1-6(2)7-4-5-8-9(7)3;1-6(2)7-4-3-5-8-7;1-6(2)7-3-4-8-5-7;1-6(2)7-4-3-5-8-7;1-5(2)6-3-4-8-7-6;1-4(2)5-3-6-8-7-5;1-4(2)5-7-6-3-8-5;1-4(2)5-6-3-8-7-5;1-4(2)5-3-6-8-7-5/h3-8H,1-2H3;5-6H,4H2,1-3H3;4-6H,1-3H3;3-4,6H,5H2,1-2H3;2*3-6H,1-2H3;3-5H,1-2H3;4*3-4H,1-2H3. The third-order valence-electron chi connectivity index (χ3n) is 13.4. The first-order valence-corrected chi connectivity index (χ1v) is 37.0. The molecule has 540 valence electrons. The number of benzene rings is 1. The van der Waals surface area contributed by atoms with Crippen molar-refractivity contribution in [3.05, 3.63) is 195 Å². The molecule has 10 aromatic heterocycles. The van der Waals surface area contributed by atoms with E-state index in [1.165, 1.54) is 57.5 Å². The van der Waals surface area contributed by atoms with Crippen LogP contribution in [0.25, 0.3) is 11.5 Å². The summed E-state index contributed by atoms with van der Waals surface area (Å²) in [4.78, 5) is 19.4.